The third-order valence-electron chi connectivity index (χ3n) is 5.26. The van der Waals surface area contributed by atoms with Crippen molar-refractivity contribution >= 4 is 5.91 Å². The van der Waals surface area contributed by atoms with E-state index in [2.05, 4.69) is 5.32 Å². The maximum Gasteiger partial charge on any atom is 0.328 e. The zero-order chi connectivity index (χ0) is 22.5. The zero-order valence-corrected chi connectivity index (χ0v) is 16.7. The number of carbonyl (C=O) groups is 1. The fourth-order valence-corrected chi connectivity index (χ4v) is 3.55. The number of nitrogens with two attached hydrogens (primary N) is 1. The van der Waals surface area contributed by atoms with Gasteiger partial charge in [-0.1, -0.05) is 0 Å². The Kier molecular flexibility index (Phi) is 7.21. The van der Waals surface area contributed by atoms with E-state index < -0.39 is 47.3 Å². The van der Waals surface area contributed by atoms with Crippen LogP contribution in [-0.2, 0) is 0 Å². The van der Waals surface area contributed by atoms with E-state index in [1.807, 2.05) is 4.98 Å². The number of aliphatic hydroxyl groups excluding tert-OH is 2. The Balaban J connectivity index is 1.64. The van der Waals surface area contributed by atoms with Crippen LogP contribution >= 0.6 is 0 Å². The van der Waals surface area contributed by atoms with Crippen molar-refractivity contribution in [2.24, 2.45) is 5.73 Å². The number of amides is 1. The first-order valence-electron chi connectivity index (χ1n) is 9.92. The van der Waals surface area contributed by atoms with Crippen molar-refractivity contribution in [3.63, 3.8) is 0 Å². The Bertz CT molecular complexity index is 1020. The predicted molar refractivity (Wildman–Crippen MR) is 108 cm³/mol. The number of aliphatic hydroxyl groups is 2. The van der Waals surface area contributed by atoms with Gasteiger partial charge in [0.2, 0.25) is 5.82 Å². The van der Waals surface area contributed by atoms with Crippen LogP contribution in [0.4, 0.5) is 4.39 Å². The summed E-state index contributed by atoms with van der Waals surface area (Å²) >= 11 is 0. The van der Waals surface area contributed by atoms with Gasteiger partial charge in [0.05, 0.1) is 24.9 Å². The first kappa shape index (κ1) is 22.7. The molecule has 168 valence electrons. The van der Waals surface area contributed by atoms with Crippen molar-refractivity contribution in [2.75, 3.05) is 13.2 Å². The Hall–Kier alpha value is -3.02. The molecule has 1 aromatic carbocycles. The molecule has 2 aromatic rings. The number of aromatic amines is 1. The molecule has 1 heterocycles. The number of H-pyrrole nitrogens is 1. The van der Waals surface area contributed by atoms with Gasteiger partial charge in [0.15, 0.2) is 0 Å². The lowest BCUT2D eigenvalue weighted by molar-refractivity contribution is -0.0572. The lowest BCUT2D eigenvalue weighted by Gasteiger charge is -2.38. The first-order valence-corrected chi connectivity index (χ1v) is 9.92. The fraction of sp³-hybridized carbons (Fsp3) is 0.450. The Morgan fingerprint density at radius 1 is 1.23 bits per heavy atom. The summed E-state index contributed by atoms with van der Waals surface area (Å²) in [5.41, 5.74) is 3.70. The summed E-state index contributed by atoms with van der Waals surface area (Å²) in [6.07, 6.45) is -1.05. The van der Waals surface area contributed by atoms with Gasteiger partial charge < -0.3 is 26.0 Å². The number of nitrogens with zero attached hydrogens (tertiary/aromatic N) is 1. The molecule has 31 heavy (non-hydrogen) atoms. The third-order valence-corrected chi connectivity index (χ3v) is 5.26. The van der Waals surface area contributed by atoms with E-state index in [1.54, 1.807) is 24.3 Å². The molecule has 1 aliphatic rings. The molecular formula is C20H25FN4O6. The average Bonchev–Trinajstić information content (AvgIpc) is 2.75. The highest BCUT2D eigenvalue weighted by Gasteiger charge is 2.39. The number of halogens is 1. The van der Waals surface area contributed by atoms with Gasteiger partial charge in [0, 0.05) is 5.56 Å². The van der Waals surface area contributed by atoms with Crippen molar-refractivity contribution in [2.45, 2.75) is 43.6 Å². The second kappa shape index (κ2) is 9.86. The Morgan fingerprint density at radius 2 is 1.94 bits per heavy atom. The fourth-order valence-electron chi connectivity index (χ4n) is 3.55. The van der Waals surface area contributed by atoms with Crippen LogP contribution in [0.2, 0.25) is 0 Å². The van der Waals surface area contributed by atoms with Crippen LogP contribution in [0.15, 0.2) is 40.1 Å². The molecule has 0 unspecified atom stereocenters. The number of carbonyl (C=O) groups excluding carboxylic acids is 1. The monoisotopic (exact) mass is 436 g/mol. The lowest BCUT2D eigenvalue weighted by Crippen LogP contribution is -2.55. The van der Waals surface area contributed by atoms with E-state index in [4.69, 9.17) is 10.5 Å². The van der Waals surface area contributed by atoms with Crippen LogP contribution in [0.1, 0.15) is 35.7 Å². The maximum absolute atomic E-state index is 13.6. The molecule has 4 atom stereocenters. The zero-order valence-electron chi connectivity index (χ0n) is 16.7. The normalized spacial score (nSPS) is 23.4. The summed E-state index contributed by atoms with van der Waals surface area (Å²) in [5, 5.41) is 23.6. The van der Waals surface area contributed by atoms with Gasteiger partial charge in [-0.3, -0.25) is 19.1 Å². The Morgan fingerprint density at radius 3 is 2.61 bits per heavy atom. The number of aromatic nitrogens is 2. The van der Waals surface area contributed by atoms with Crippen molar-refractivity contribution in [3.8, 4) is 5.75 Å². The largest absolute Gasteiger partial charge is 0.494 e. The third kappa shape index (κ3) is 5.19. The molecule has 0 saturated heterocycles. The minimum Gasteiger partial charge on any atom is -0.494 e. The topological polar surface area (TPSA) is 160 Å². The van der Waals surface area contributed by atoms with E-state index in [1.165, 1.54) is 0 Å². The number of hydrogen-bond acceptors (Lipinski definition) is 7. The van der Waals surface area contributed by atoms with Gasteiger partial charge in [0.25, 0.3) is 11.5 Å². The first-order chi connectivity index (χ1) is 14.8. The number of benzene rings is 1. The van der Waals surface area contributed by atoms with E-state index in [9.17, 15) is 29.0 Å². The second-order valence-electron chi connectivity index (χ2n) is 7.36. The minimum atomic E-state index is -1.46. The molecule has 0 aliphatic heterocycles. The highest BCUT2D eigenvalue weighted by molar-refractivity contribution is 5.94. The van der Waals surface area contributed by atoms with E-state index in [0.717, 1.165) is 4.57 Å². The molecule has 1 aliphatic carbocycles. The molecule has 3 rings (SSSR count). The minimum absolute atomic E-state index is 0.169. The molecule has 11 heteroatoms. The number of hydrogen-bond donors (Lipinski definition) is 5. The lowest BCUT2D eigenvalue weighted by atomic mass is 9.85. The van der Waals surface area contributed by atoms with Gasteiger partial charge in [-0.05, 0) is 50.1 Å². The molecule has 1 saturated carbocycles. The van der Waals surface area contributed by atoms with Crippen molar-refractivity contribution in [1.82, 2.24) is 14.9 Å². The molecular weight excluding hydrogens is 411 g/mol. The predicted octanol–water partition coefficient (Wildman–Crippen LogP) is -0.741. The van der Waals surface area contributed by atoms with Gasteiger partial charge in [-0.25, -0.2) is 4.79 Å². The summed E-state index contributed by atoms with van der Waals surface area (Å²) in [6.45, 7) is 0.986. The molecule has 0 bridgehead atoms. The van der Waals surface area contributed by atoms with Gasteiger partial charge in [-0.2, -0.15) is 4.39 Å². The van der Waals surface area contributed by atoms with Gasteiger partial charge in [0.1, 0.15) is 18.0 Å². The van der Waals surface area contributed by atoms with Gasteiger partial charge >= 0.3 is 5.69 Å². The molecule has 10 nitrogen and oxygen atoms in total. The number of nitrogens with one attached hydrogen (secondary N) is 2. The summed E-state index contributed by atoms with van der Waals surface area (Å²) in [6, 6.07) is 4.71. The summed E-state index contributed by atoms with van der Waals surface area (Å²) in [5.74, 6) is -1.03. The number of ether oxygens (including phenoxy) is 1. The summed E-state index contributed by atoms with van der Waals surface area (Å²) in [7, 11) is 0. The maximum atomic E-state index is 13.6. The van der Waals surface area contributed by atoms with Crippen LogP contribution in [-0.4, -0.2) is 57.1 Å². The molecule has 1 aromatic heterocycles. The molecule has 0 spiro atoms. The van der Waals surface area contributed by atoms with Crippen molar-refractivity contribution in [1.29, 1.82) is 0 Å². The standard InChI is InChI=1S/C20H25FN4O6/c21-13-10-25(20(30)24-19(13)29)15-7-6-14(16(26)17(15)27)23-18(28)11-2-4-12(5-3-11)31-9-1-8-22/h2-5,10,14-17,26-27H,1,6-9,22H2,(H,23,28)(H,24,29,30)/t14-,15-,16-,17-/m1/s1. The quantitative estimate of drug-likeness (QED) is 0.357. The van der Waals surface area contributed by atoms with Crippen LogP contribution in [0.3, 0.4) is 0 Å². The van der Waals surface area contributed by atoms with Crippen LogP contribution in [0.5, 0.6) is 5.75 Å². The van der Waals surface area contributed by atoms with Gasteiger partial charge in [-0.15, -0.1) is 0 Å². The molecule has 1 amide bonds. The molecule has 0 radical (unpaired) electrons. The highest BCUT2D eigenvalue weighted by Crippen LogP contribution is 2.28. The van der Waals surface area contributed by atoms with Crippen LogP contribution in [0, 0.1) is 5.82 Å². The summed E-state index contributed by atoms with van der Waals surface area (Å²) < 4.78 is 19.9. The smallest absolute Gasteiger partial charge is 0.328 e. The second-order valence-corrected chi connectivity index (χ2v) is 7.36. The summed E-state index contributed by atoms with van der Waals surface area (Å²) in [4.78, 5) is 37.5. The Labute approximate surface area is 176 Å². The number of rotatable bonds is 7. The molecule has 1 fully saturated rings. The van der Waals surface area contributed by atoms with E-state index in [0.29, 0.717) is 37.1 Å². The van der Waals surface area contributed by atoms with E-state index >= 15 is 0 Å². The van der Waals surface area contributed by atoms with Crippen molar-refractivity contribution in [3.05, 3.63) is 62.7 Å². The highest BCUT2D eigenvalue weighted by atomic mass is 19.1. The van der Waals surface area contributed by atoms with E-state index in [-0.39, 0.29) is 12.8 Å². The van der Waals surface area contributed by atoms with Crippen molar-refractivity contribution < 1.29 is 24.1 Å². The van der Waals surface area contributed by atoms with Crippen LogP contribution in [0.25, 0.3) is 0 Å². The SMILES string of the molecule is NCCCOc1ccc(C(=O)N[C@@H]2CC[C@@H](n3cc(F)c(=O)[nH]c3=O)[C@@H](O)[C@@H]2O)cc1. The average molecular weight is 436 g/mol. The van der Waals surface area contributed by atoms with Crippen LogP contribution < -0.4 is 27.0 Å². The molecule has 6 N–H and O–H groups in total.